The summed E-state index contributed by atoms with van der Waals surface area (Å²) in [4.78, 5) is 5.41. The Morgan fingerprint density at radius 3 is 2.73 bits per heavy atom. The van der Waals surface area contributed by atoms with E-state index < -0.39 is 9.84 Å². The summed E-state index contributed by atoms with van der Waals surface area (Å²) in [6, 6.07) is 10.2. The number of rotatable bonds is 5. The monoisotopic (exact) mass is 341 g/mol. The number of benzene rings is 1. The zero-order valence-corrected chi connectivity index (χ0v) is 14.6. The Labute approximate surface area is 136 Å². The highest BCUT2D eigenvalue weighted by Crippen LogP contribution is 2.21. The number of sulfone groups is 1. The molecule has 22 heavy (non-hydrogen) atoms. The van der Waals surface area contributed by atoms with Gasteiger partial charge in [0.15, 0.2) is 15.8 Å². The van der Waals surface area contributed by atoms with Gasteiger partial charge >= 0.3 is 0 Å². The Hall–Kier alpha value is -1.21. The molecule has 2 atom stereocenters. The molecule has 2 unspecified atom stereocenters. The number of hydrogen-bond donors (Lipinski definition) is 2. The quantitative estimate of drug-likeness (QED) is 0.483. The van der Waals surface area contributed by atoms with Crippen LogP contribution in [0.15, 0.2) is 40.2 Å². The van der Waals surface area contributed by atoms with Crippen molar-refractivity contribution in [2.45, 2.75) is 29.5 Å². The lowest BCUT2D eigenvalue weighted by molar-refractivity contribution is 0.599. The number of thioether (sulfide) groups is 1. The van der Waals surface area contributed by atoms with Crippen LogP contribution in [-0.4, -0.2) is 50.8 Å². The Morgan fingerprint density at radius 2 is 2.14 bits per heavy atom. The molecule has 0 bridgehead atoms. The molecule has 0 amide bonds. The minimum atomic E-state index is -2.87. The third-order valence-electron chi connectivity index (χ3n) is 3.43. The van der Waals surface area contributed by atoms with Crippen molar-refractivity contribution < 1.29 is 8.42 Å². The second kappa shape index (κ2) is 7.87. The lowest BCUT2D eigenvalue weighted by Crippen LogP contribution is -2.45. The smallest absolute Gasteiger partial charge is 0.191 e. The summed E-state index contributed by atoms with van der Waals surface area (Å²) >= 11 is 1.80. The summed E-state index contributed by atoms with van der Waals surface area (Å²) < 4.78 is 23.0. The number of hydrogen-bond acceptors (Lipinski definition) is 4. The third kappa shape index (κ3) is 5.53. The number of nitrogens with zero attached hydrogens (tertiary/aromatic N) is 1. The summed E-state index contributed by atoms with van der Waals surface area (Å²) in [5.74, 6) is 1.13. The van der Waals surface area contributed by atoms with Crippen molar-refractivity contribution >= 4 is 27.6 Å². The van der Waals surface area contributed by atoms with Crippen LogP contribution in [-0.2, 0) is 9.84 Å². The van der Waals surface area contributed by atoms with Gasteiger partial charge in [-0.3, -0.25) is 4.99 Å². The van der Waals surface area contributed by atoms with Crippen molar-refractivity contribution in [3.05, 3.63) is 30.3 Å². The SMILES string of the molecule is CN=C(NCC(C)Sc1ccccc1)NC1CCS(=O)(=O)C1. The van der Waals surface area contributed by atoms with Gasteiger partial charge in [-0.15, -0.1) is 11.8 Å². The average Bonchev–Trinajstić information content (AvgIpc) is 2.83. The zero-order chi connectivity index (χ0) is 16.0. The minimum absolute atomic E-state index is 0.0340. The molecule has 0 aliphatic carbocycles. The molecule has 2 rings (SSSR count). The normalized spacial score (nSPS) is 22.3. The van der Waals surface area contributed by atoms with Crippen LogP contribution < -0.4 is 10.6 Å². The van der Waals surface area contributed by atoms with E-state index in [-0.39, 0.29) is 17.5 Å². The van der Waals surface area contributed by atoms with Crippen molar-refractivity contribution in [1.29, 1.82) is 0 Å². The molecule has 7 heteroatoms. The fraction of sp³-hybridized carbons (Fsp3) is 0.533. The van der Waals surface area contributed by atoms with Crippen LogP contribution in [0, 0.1) is 0 Å². The van der Waals surface area contributed by atoms with Gasteiger partial charge in [-0.25, -0.2) is 8.42 Å². The van der Waals surface area contributed by atoms with Gasteiger partial charge in [0.05, 0.1) is 11.5 Å². The topological polar surface area (TPSA) is 70.6 Å². The third-order valence-corrected chi connectivity index (χ3v) is 6.32. The fourth-order valence-corrected chi connectivity index (χ4v) is 4.93. The highest BCUT2D eigenvalue weighted by molar-refractivity contribution is 8.00. The maximum Gasteiger partial charge on any atom is 0.191 e. The van der Waals surface area contributed by atoms with Gasteiger partial charge in [0.25, 0.3) is 0 Å². The van der Waals surface area contributed by atoms with E-state index in [2.05, 4.69) is 34.7 Å². The first-order chi connectivity index (χ1) is 10.5. The van der Waals surface area contributed by atoms with E-state index in [1.54, 1.807) is 18.8 Å². The lowest BCUT2D eigenvalue weighted by Gasteiger charge is -2.18. The van der Waals surface area contributed by atoms with Crippen LogP contribution >= 0.6 is 11.8 Å². The maximum absolute atomic E-state index is 11.5. The molecular weight excluding hydrogens is 318 g/mol. The fourth-order valence-electron chi connectivity index (χ4n) is 2.31. The Morgan fingerprint density at radius 1 is 1.41 bits per heavy atom. The largest absolute Gasteiger partial charge is 0.355 e. The first-order valence-corrected chi connectivity index (χ1v) is 10.1. The molecule has 1 aliphatic heterocycles. The van der Waals surface area contributed by atoms with Crippen LogP contribution in [0.4, 0.5) is 0 Å². The summed E-state index contributed by atoms with van der Waals surface area (Å²) in [6.45, 7) is 2.91. The van der Waals surface area contributed by atoms with Crippen LogP contribution in [0.1, 0.15) is 13.3 Å². The molecule has 1 aromatic carbocycles. The van der Waals surface area contributed by atoms with Crippen LogP contribution in [0.2, 0.25) is 0 Å². The van der Waals surface area contributed by atoms with E-state index in [1.165, 1.54) is 4.90 Å². The van der Waals surface area contributed by atoms with Crippen LogP contribution in [0.25, 0.3) is 0 Å². The van der Waals surface area contributed by atoms with Gasteiger partial charge in [-0.05, 0) is 18.6 Å². The molecule has 1 aromatic rings. The van der Waals surface area contributed by atoms with Crippen molar-refractivity contribution in [2.24, 2.45) is 4.99 Å². The Kier molecular flexibility index (Phi) is 6.14. The maximum atomic E-state index is 11.5. The standard InChI is InChI=1S/C15H23N3O2S2/c1-12(21-14-6-4-3-5-7-14)10-17-15(16-2)18-13-8-9-22(19,20)11-13/h3-7,12-13H,8-11H2,1-2H3,(H2,16,17,18). The van der Waals surface area contributed by atoms with Gasteiger partial charge in [0.2, 0.25) is 0 Å². The summed E-state index contributed by atoms with van der Waals surface area (Å²) in [6.07, 6.45) is 0.650. The van der Waals surface area contributed by atoms with E-state index in [9.17, 15) is 8.42 Å². The van der Waals surface area contributed by atoms with Crippen LogP contribution in [0.5, 0.6) is 0 Å². The molecular formula is C15H23N3O2S2. The summed E-state index contributed by atoms with van der Waals surface area (Å²) in [5, 5.41) is 6.84. The molecule has 5 nitrogen and oxygen atoms in total. The number of aliphatic imine (C=N–C) groups is 1. The Balaban J connectivity index is 1.77. The molecule has 0 spiro atoms. The van der Waals surface area contributed by atoms with Gasteiger partial charge in [0.1, 0.15) is 0 Å². The van der Waals surface area contributed by atoms with E-state index >= 15 is 0 Å². The van der Waals surface area contributed by atoms with Crippen LogP contribution in [0.3, 0.4) is 0 Å². The van der Waals surface area contributed by atoms with E-state index in [0.29, 0.717) is 17.6 Å². The second-order valence-corrected chi connectivity index (χ2v) is 9.18. The van der Waals surface area contributed by atoms with Gasteiger partial charge in [-0.1, -0.05) is 25.1 Å². The second-order valence-electron chi connectivity index (χ2n) is 5.44. The first kappa shape index (κ1) is 17.1. The van der Waals surface area contributed by atoms with E-state index in [0.717, 1.165) is 6.54 Å². The van der Waals surface area contributed by atoms with Gasteiger partial charge in [0, 0.05) is 29.8 Å². The highest BCUT2D eigenvalue weighted by atomic mass is 32.2. The number of guanidine groups is 1. The first-order valence-electron chi connectivity index (χ1n) is 7.38. The molecule has 2 N–H and O–H groups in total. The van der Waals surface area contributed by atoms with Crippen molar-refractivity contribution in [1.82, 2.24) is 10.6 Å². The van der Waals surface area contributed by atoms with Crippen molar-refractivity contribution in [2.75, 3.05) is 25.1 Å². The van der Waals surface area contributed by atoms with Gasteiger partial charge < -0.3 is 10.6 Å². The molecule has 0 aromatic heterocycles. The molecule has 1 heterocycles. The van der Waals surface area contributed by atoms with Crippen molar-refractivity contribution in [3.8, 4) is 0 Å². The van der Waals surface area contributed by atoms with Gasteiger partial charge in [-0.2, -0.15) is 0 Å². The van der Waals surface area contributed by atoms with E-state index in [4.69, 9.17) is 0 Å². The molecule has 1 fully saturated rings. The average molecular weight is 342 g/mol. The molecule has 1 saturated heterocycles. The van der Waals surface area contributed by atoms with Crippen molar-refractivity contribution in [3.63, 3.8) is 0 Å². The Bertz CT molecular complexity index is 602. The van der Waals surface area contributed by atoms with E-state index in [1.807, 2.05) is 18.2 Å². The lowest BCUT2D eigenvalue weighted by atomic mass is 10.3. The predicted octanol–water partition coefficient (Wildman–Crippen LogP) is 1.52. The number of nitrogens with one attached hydrogen (secondary N) is 2. The highest BCUT2D eigenvalue weighted by Gasteiger charge is 2.28. The zero-order valence-electron chi connectivity index (χ0n) is 13.0. The summed E-state index contributed by atoms with van der Waals surface area (Å²) in [5.41, 5.74) is 0. The molecule has 1 aliphatic rings. The summed E-state index contributed by atoms with van der Waals surface area (Å²) in [7, 11) is -1.17. The molecule has 0 radical (unpaired) electrons. The minimum Gasteiger partial charge on any atom is -0.355 e. The predicted molar refractivity (Wildman–Crippen MR) is 93.3 cm³/mol. The molecule has 122 valence electrons. The molecule has 0 saturated carbocycles.